The number of aromatic nitrogens is 7. The van der Waals surface area contributed by atoms with Crippen LogP contribution < -0.4 is 4.74 Å². The van der Waals surface area contributed by atoms with Crippen LogP contribution >= 0.6 is 0 Å². The van der Waals surface area contributed by atoms with Crippen LogP contribution in [0.1, 0.15) is 30.5 Å². The van der Waals surface area contributed by atoms with Gasteiger partial charge in [0.05, 0.1) is 11.7 Å². The van der Waals surface area contributed by atoms with Crippen molar-refractivity contribution >= 4 is 5.91 Å². The minimum Gasteiger partial charge on any atom is -0.484 e. The number of benzene rings is 1. The topological polar surface area (TPSA) is 115 Å². The number of nitrogens with zero attached hydrogens (tertiary/aromatic N) is 7. The summed E-state index contributed by atoms with van der Waals surface area (Å²) in [6.45, 7) is 2.52. The zero-order chi connectivity index (χ0) is 17.9. The maximum absolute atomic E-state index is 12.6. The van der Waals surface area contributed by atoms with Gasteiger partial charge >= 0.3 is 0 Å². The molecule has 1 fully saturated rings. The molecule has 0 spiro atoms. The zero-order valence-corrected chi connectivity index (χ0v) is 14.2. The van der Waals surface area contributed by atoms with Gasteiger partial charge in [0.15, 0.2) is 12.4 Å². The lowest BCUT2D eigenvalue weighted by atomic mass is 10.2. The Kier molecular flexibility index (Phi) is 4.30. The Hall–Kier alpha value is -3.30. The van der Waals surface area contributed by atoms with Crippen LogP contribution in [0.2, 0.25) is 0 Å². The van der Waals surface area contributed by atoms with Gasteiger partial charge in [-0.1, -0.05) is 0 Å². The quantitative estimate of drug-likeness (QED) is 0.721. The van der Waals surface area contributed by atoms with E-state index in [4.69, 9.17) is 4.74 Å². The zero-order valence-electron chi connectivity index (χ0n) is 14.2. The number of nitrogens with one attached hydrogen (secondary N) is 1. The predicted molar refractivity (Wildman–Crippen MR) is 89.5 cm³/mol. The number of carbonyl (C=O) groups excluding carboxylic acids is 1. The molecule has 26 heavy (non-hydrogen) atoms. The summed E-state index contributed by atoms with van der Waals surface area (Å²) in [4.78, 5) is 18.7. The number of hydrogen-bond acceptors (Lipinski definition) is 7. The van der Waals surface area contributed by atoms with Crippen LogP contribution in [0.3, 0.4) is 0 Å². The van der Waals surface area contributed by atoms with E-state index >= 15 is 0 Å². The highest BCUT2D eigenvalue weighted by molar-refractivity contribution is 5.78. The van der Waals surface area contributed by atoms with E-state index in [0.717, 1.165) is 24.4 Å². The highest BCUT2D eigenvalue weighted by Gasteiger charge is 2.32. The molecule has 0 aliphatic carbocycles. The molecular formula is C16H18N8O2. The number of carbonyl (C=O) groups is 1. The van der Waals surface area contributed by atoms with Gasteiger partial charge in [-0.3, -0.25) is 9.89 Å². The molecule has 1 N–H and O–H groups in total. The molecule has 10 heteroatoms. The Bertz CT molecular complexity index is 874. The predicted octanol–water partition coefficient (Wildman–Crippen LogP) is 0.831. The molecule has 0 bridgehead atoms. The third-order valence-electron chi connectivity index (χ3n) is 4.30. The number of likely N-dealkylation sites (tertiary alicyclic amines) is 1. The van der Waals surface area contributed by atoms with E-state index in [1.54, 1.807) is 21.7 Å². The Morgan fingerprint density at radius 3 is 2.88 bits per heavy atom. The van der Waals surface area contributed by atoms with E-state index in [1.165, 1.54) is 6.33 Å². The number of hydrogen-bond donors (Lipinski definition) is 1. The smallest absolute Gasteiger partial charge is 0.261 e. The van der Waals surface area contributed by atoms with E-state index in [-0.39, 0.29) is 18.6 Å². The summed E-state index contributed by atoms with van der Waals surface area (Å²) in [6, 6.07) is 7.13. The number of aromatic amines is 1. The summed E-state index contributed by atoms with van der Waals surface area (Å²) >= 11 is 0. The van der Waals surface area contributed by atoms with Gasteiger partial charge in [-0.25, -0.2) is 9.67 Å². The molecule has 0 saturated carbocycles. The van der Waals surface area contributed by atoms with E-state index in [0.29, 0.717) is 18.1 Å². The lowest BCUT2D eigenvalue weighted by Crippen LogP contribution is -2.34. The van der Waals surface area contributed by atoms with Crippen molar-refractivity contribution in [3.05, 3.63) is 42.2 Å². The third-order valence-corrected chi connectivity index (χ3v) is 4.30. The van der Waals surface area contributed by atoms with Crippen LogP contribution in [0, 0.1) is 6.92 Å². The molecule has 1 aliphatic rings. The first-order valence-electron chi connectivity index (χ1n) is 8.35. The average molecular weight is 354 g/mol. The van der Waals surface area contributed by atoms with Crippen molar-refractivity contribution in [2.75, 3.05) is 13.2 Å². The SMILES string of the molecule is Cc1nc(C2CCCN2C(=O)COc2ccc(-n3cnnn3)cc2)n[nH]1. The van der Waals surface area contributed by atoms with Crippen molar-refractivity contribution in [1.29, 1.82) is 0 Å². The Morgan fingerprint density at radius 2 is 2.19 bits per heavy atom. The minimum absolute atomic E-state index is 0.0237. The molecule has 1 saturated heterocycles. The number of aryl methyl sites for hydroxylation is 1. The summed E-state index contributed by atoms with van der Waals surface area (Å²) < 4.78 is 7.19. The van der Waals surface area contributed by atoms with Gasteiger partial charge in [0.2, 0.25) is 0 Å². The van der Waals surface area contributed by atoms with E-state index in [1.807, 2.05) is 19.1 Å². The number of tetrazole rings is 1. The fourth-order valence-corrected chi connectivity index (χ4v) is 3.05. The van der Waals surface area contributed by atoms with Crippen molar-refractivity contribution in [3.63, 3.8) is 0 Å². The normalized spacial score (nSPS) is 16.8. The second kappa shape index (κ2) is 6.90. The summed E-state index contributed by atoms with van der Waals surface area (Å²) in [5, 5.41) is 18.0. The number of H-pyrrole nitrogens is 1. The van der Waals surface area contributed by atoms with Crippen molar-refractivity contribution in [1.82, 2.24) is 40.3 Å². The van der Waals surface area contributed by atoms with Gasteiger partial charge in [-0.15, -0.1) is 5.10 Å². The summed E-state index contributed by atoms with van der Waals surface area (Å²) in [7, 11) is 0. The van der Waals surface area contributed by atoms with Crippen LogP contribution in [0.25, 0.3) is 5.69 Å². The number of rotatable bonds is 5. The first kappa shape index (κ1) is 16.2. The largest absolute Gasteiger partial charge is 0.484 e. The van der Waals surface area contributed by atoms with Gasteiger partial charge < -0.3 is 9.64 Å². The average Bonchev–Trinajstić information content (AvgIpc) is 3.40. The summed E-state index contributed by atoms with van der Waals surface area (Å²) in [5.41, 5.74) is 0.813. The molecule has 1 atom stereocenters. The van der Waals surface area contributed by atoms with Gasteiger partial charge in [0.25, 0.3) is 5.91 Å². The molecule has 1 aliphatic heterocycles. The van der Waals surface area contributed by atoms with Crippen molar-refractivity contribution in [3.8, 4) is 11.4 Å². The Labute approximate surface area is 149 Å². The third kappa shape index (κ3) is 3.25. The van der Waals surface area contributed by atoms with Crippen molar-refractivity contribution < 1.29 is 9.53 Å². The Balaban J connectivity index is 1.37. The monoisotopic (exact) mass is 354 g/mol. The highest BCUT2D eigenvalue weighted by atomic mass is 16.5. The van der Waals surface area contributed by atoms with Crippen LogP contribution in [0.15, 0.2) is 30.6 Å². The second-order valence-electron chi connectivity index (χ2n) is 6.06. The Morgan fingerprint density at radius 1 is 1.35 bits per heavy atom. The molecule has 2 aromatic heterocycles. The summed E-state index contributed by atoms with van der Waals surface area (Å²) in [6.07, 6.45) is 3.31. The first-order chi connectivity index (χ1) is 12.7. The number of amides is 1. The number of ether oxygens (including phenoxy) is 1. The molecule has 3 aromatic rings. The molecule has 1 aromatic carbocycles. The molecule has 0 radical (unpaired) electrons. The van der Waals surface area contributed by atoms with Crippen LogP contribution in [-0.2, 0) is 4.79 Å². The van der Waals surface area contributed by atoms with Crippen LogP contribution in [0.4, 0.5) is 0 Å². The molecule has 4 rings (SSSR count). The maximum atomic E-state index is 12.6. The molecule has 3 heterocycles. The molecule has 134 valence electrons. The molecule has 1 unspecified atom stereocenters. The minimum atomic E-state index is -0.0850. The van der Waals surface area contributed by atoms with Crippen molar-refractivity contribution in [2.24, 2.45) is 0 Å². The van der Waals surface area contributed by atoms with Crippen LogP contribution in [0.5, 0.6) is 5.75 Å². The highest BCUT2D eigenvalue weighted by Crippen LogP contribution is 2.29. The lowest BCUT2D eigenvalue weighted by molar-refractivity contribution is -0.134. The van der Waals surface area contributed by atoms with Gasteiger partial charge in [0, 0.05) is 6.54 Å². The maximum Gasteiger partial charge on any atom is 0.261 e. The fraction of sp³-hybridized carbons (Fsp3) is 0.375. The lowest BCUT2D eigenvalue weighted by Gasteiger charge is -2.22. The second-order valence-corrected chi connectivity index (χ2v) is 6.06. The van der Waals surface area contributed by atoms with E-state index in [9.17, 15) is 4.79 Å². The van der Waals surface area contributed by atoms with Crippen LogP contribution in [-0.4, -0.2) is 59.3 Å². The fourth-order valence-electron chi connectivity index (χ4n) is 3.05. The van der Waals surface area contributed by atoms with E-state index < -0.39 is 0 Å². The molecule has 10 nitrogen and oxygen atoms in total. The molecule has 1 amide bonds. The standard InChI is InChI=1S/C16H18N8O2/c1-11-18-16(20-19-11)14-3-2-8-23(14)15(25)9-26-13-6-4-12(5-7-13)24-10-17-21-22-24/h4-7,10,14H,2-3,8-9H2,1H3,(H,18,19,20). The van der Waals surface area contributed by atoms with Crippen molar-refractivity contribution in [2.45, 2.75) is 25.8 Å². The van der Waals surface area contributed by atoms with Gasteiger partial charge in [-0.05, 0) is 54.5 Å². The molecular weight excluding hydrogens is 336 g/mol. The van der Waals surface area contributed by atoms with E-state index in [2.05, 4.69) is 30.7 Å². The first-order valence-corrected chi connectivity index (χ1v) is 8.35. The van der Waals surface area contributed by atoms with Gasteiger partial charge in [0.1, 0.15) is 17.9 Å². The summed E-state index contributed by atoms with van der Waals surface area (Å²) in [5.74, 6) is 1.96. The van der Waals surface area contributed by atoms with Gasteiger partial charge in [-0.2, -0.15) is 5.10 Å².